The number of ether oxygens (including phenoxy) is 1. The first-order chi connectivity index (χ1) is 8.66. The van der Waals surface area contributed by atoms with E-state index < -0.39 is 5.97 Å². The number of amidine groups is 1. The molecular formula is C14H12N2O2. The summed E-state index contributed by atoms with van der Waals surface area (Å²) in [6, 6.07) is 15.2. The molecule has 90 valence electrons. The van der Waals surface area contributed by atoms with E-state index >= 15 is 0 Å². The van der Waals surface area contributed by atoms with Crippen LogP contribution in [0.1, 0.15) is 15.9 Å². The molecule has 4 heteroatoms. The summed E-state index contributed by atoms with van der Waals surface area (Å²) in [4.78, 5) is 11.7. The van der Waals surface area contributed by atoms with Gasteiger partial charge in [-0.15, -0.1) is 0 Å². The van der Waals surface area contributed by atoms with Gasteiger partial charge in [0.15, 0.2) is 0 Å². The fraction of sp³-hybridized carbons (Fsp3) is 0. The average molecular weight is 240 g/mol. The standard InChI is InChI=1S/C14H12N2O2/c15-13(16)10-6-8-12(9-7-10)18-14(17)11-4-2-1-3-5-11/h1-9H,(H3,15,16). The first kappa shape index (κ1) is 11.9. The summed E-state index contributed by atoms with van der Waals surface area (Å²) in [7, 11) is 0. The number of carbonyl (C=O) groups excluding carboxylic acids is 1. The molecular weight excluding hydrogens is 228 g/mol. The molecule has 0 unspecified atom stereocenters. The van der Waals surface area contributed by atoms with Crippen LogP contribution in [0.3, 0.4) is 0 Å². The van der Waals surface area contributed by atoms with E-state index in [1.807, 2.05) is 6.07 Å². The monoisotopic (exact) mass is 240 g/mol. The molecule has 0 atom stereocenters. The molecule has 3 N–H and O–H groups in total. The van der Waals surface area contributed by atoms with E-state index in [4.69, 9.17) is 15.9 Å². The molecule has 2 aromatic rings. The smallest absolute Gasteiger partial charge is 0.343 e. The van der Waals surface area contributed by atoms with Crippen molar-refractivity contribution in [3.8, 4) is 5.75 Å². The normalized spacial score (nSPS) is 9.78. The van der Waals surface area contributed by atoms with Gasteiger partial charge in [0, 0.05) is 5.56 Å². The number of nitrogen functional groups attached to an aromatic ring is 1. The quantitative estimate of drug-likeness (QED) is 0.373. The second-order valence-electron chi connectivity index (χ2n) is 3.69. The molecule has 0 heterocycles. The third-order valence-electron chi connectivity index (χ3n) is 2.39. The van der Waals surface area contributed by atoms with Crippen LogP contribution in [-0.2, 0) is 0 Å². The zero-order valence-electron chi connectivity index (χ0n) is 9.59. The Morgan fingerprint density at radius 1 is 0.944 bits per heavy atom. The largest absolute Gasteiger partial charge is 0.423 e. The minimum Gasteiger partial charge on any atom is -0.423 e. The fourth-order valence-electron chi connectivity index (χ4n) is 1.44. The molecule has 0 aromatic heterocycles. The second-order valence-corrected chi connectivity index (χ2v) is 3.69. The summed E-state index contributed by atoms with van der Waals surface area (Å²) in [6.45, 7) is 0. The Morgan fingerprint density at radius 3 is 2.11 bits per heavy atom. The zero-order chi connectivity index (χ0) is 13.0. The Hall–Kier alpha value is -2.62. The number of nitrogens with one attached hydrogen (secondary N) is 1. The minimum absolute atomic E-state index is 0.0177. The van der Waals surface area contributed by atoms with Crippen molar-refractivity contribution in [3.63, 3.8) is 0 Å². The highest BCUT2D eigenvalue weighted by atomic mass is 16.5. The summed E-state index contributed by atoms with van der Waals surface area (Å²) in [6.07, 6.45) is 0. The summed E-state index contributed by atoms with van der Waals surface area (Å²) in [5.41, 5.74) is 6.42. The highest BCUT2D eigenvalue weighted by Gasteiger charge is 2.07. The molecule has 2 aromatic carbocycles. The van der Waals surface area contributed by atoms with Gasteiger partial charge in [0.25, 0.3) is 0 Å². The van der Waals surface area contributed by atoms with Crippen molar-refractivity contribution in [3.05, 3.63) is 65.7 Å². The van der Waals surface area contributed by atoms with Gasteiger partial charge in [-0.1, -0.05) is 18.2 Å². The van der Waals surface area contributed by atoms with Gasteiger partial charge in [-0.3, -0.25) is 5.41 Å². The summed E-state index contributed by atoms with van der Waals surface area (Å²) in [5.74, 6) is -0.00374. The van der Waals surface area contributed by atoms with Crippen LogP contribution in [0.4, 0.5) is 0 Å². The van der Waals surface area contributed by atoms with Crippen LogP contribution in [0.15, 0.2) is 54.6 Å². The number of benzene rings is 2. The Bertz CT molecular complexity index is 562. The van der Waals surface area contributed by atoms with Gasteiger partial charge >= 0.3 is 5.97 Å². The number of rotatable bonds is 3. The van der Waals surface area contributed by atoms with Gasteiger partial charge in [-0.2, -0.15) is 0 Å². The molecule has 4 nitrogen and oxygen atoms in total. The van der Waals surface area contributed by atoms with E-state index in [0.29, 0.717) is 16.9 Å². The minimum atomic E-state index is -0.411. The first-order valence-electron chi connectivity index (χ1n) is 5.38. The van der Waals surface area contributed by atoms with Crippen LogP contribution in [-0.4, -0.2) is 11.8 Å². The Balaban J connectivity index is 2.10. The Morgan fingerprint density at radius 2 is 1.56 bits per heavy atom. The molecule has 18 heavy (non-hydrogen) atoms. The van der Waals surface area contributed by atoms with Crippen molar-refractivity contribution in [2.45, 2.75) is 0 Å². The van der Waals surface area contributed by atoms with Crippen LogP contribution in [0.5, 0.6) is 5.75 Å². The summed E-state index contributed by atoms with van der Waals surface area (Å²) < 4.78 is 5.18. The van der Waals surface area contributed by atoms with Crippen LogP contribution in [0, 0.1) is 5.41 Å². The third kappa shape index (κ3) is 2.74. The molecule has 0 spiro atoms. The lowest BCUT2D eigenvalue weighted by Gasteiger charge is -2.05. The zero-order valence-corrected chi connectivity index (χ0v) is 9.59. The first-order valence-corrected chi connectivity index (χ1v) is 5.38. The van der Waals surface area contributed by atoms with E-state index in [-0.39, 0.29) is 5.84 Å². The maximum Gasteiger partial charge on any atom is 0.343 e. The molecule has 0 aliphatic carbocycles. The van der Waals surface area contributed by atoms with Crippen LogP contribution < -0.4 is 10.5 Å². The van der Waals surface area contributed by atoms with E-state index in [0.717, 1.165) is 0 Å². The second kappa shape index (κ2) is 5.14. The van der Waals surface area contributed by atoms with Crippen molar-refractivity contribution in [1.29, 1.82) is 5.41 Å². The van der Waals surface area contributed by atoms with E-state index in [2.05, 4.69) is 0 Å². The Kier molecular flexibility index (Phi) is 3.38. The summed E-state index contributed by atoms with van der Waals surface area (Å²) in [5, 5.41) is 7.25. The fourth-order valence-corrected chi connectivity index (χ4v) is 1.44. The van der Waals surface area contributed by atoms with Crippen molar-refractivity contribution in [2.24, 2.45) is 5.73 Å². The molecule has 0 saturated heterocycles. The number of nitrogens with two attached hydrogens (primary N) is 1. The number of hydrogen-bond donors (Lipinski definition) is 2. The number of esters is 1. The third-order valence-corrected chi connectivity index (χ3v) is 2.39. The van der Waals surface area contributed by atoms with Crippen molar-refractivity contribution in [1.82, 2.24) is 0 Å². The molecule has 0 aliphatic heterocycles. The highest BCUT2D eigenvalue weighted by molar-refractivity contribution is 5.95. The van der Waals surface area contributed by atoms with Gasteiger partial charge in [0.1, 0.15) is 11.6 Å². The van der Waals surface area contributed by atoms with Crippen LogP contribution in [0.25, 0.3) is 0 Å². The highest BCUT2D eigenvalue weighted by Crippen LogP contribution is 2.14. The number of hydrogen-bond acceptors (Lipinski definition) is 3. The lowest BCUT2D eigenvalue weighted by molar-refractivity contribution is 0.0735. The van der Waals surface area contributed by atoms with Gasteiger partial charge in [-0.05, 0) is 36.4 Å². The lowest BCUT2D eigenvalue weighted by atomic mass is 10.2. The number of carbonyl (C=O) groups is 1. The molecule has 0 saturated carbocycles. The molecule has 0 radical (unpaired) electrons. The van der Waals surface area contributed by atoms with E-state index in [1.54, 1.807) is 48.5 Å². The predicted molar refractivity (Wildman–Crippen MR) is 68.9 cm³/mol. The van der Waals surface area contributed by atoms with Gasteiger partial charge in [0.05, 0.1) is 5.56 Å². The van der Waals surface area contributed by atoms with Gasteiger partial charge in [0.2, 0.25) is 0 Å². The molecule has 0 fully saturated rings. The average Bonchev–Trinajstić information content (AvgIpc) is 2.40. The topological polar surface area (TPSA) is 76.2 Å². The van der Waals surface area contributed by atoms with Crippen molar-refractivity contribution < 1.29 is 9.53 Å². The van der Waals surface area contributed by atoms with E-state index in [1.165, 1.54) is 0 Å². The lowest BCUT2D eigenvalue weighted by Crippen LogP contribution is -2.11. The molecule has 0 bridgehead atoms. The van der Waals surface area contributed by atoms with Gasteiger partial charge < -0.3 is 10.5 Å². The van der Waals surface area contributed by atoms with Gasteiger partial charge in [-0.25, -0.2) is 4.79 Å². The maximum absolute atomic E-state index is 11.7. The van der Waals surface area contributed by atoms with Crippen LogP contribution in [0.2, 0.25) is 0 Å². The molecule has 0 aliphatic rings. The predicted octanol–water partition coefficient (Wildman–Crippen LogP) is 2.19. The Labute approximate surface area is 105 Å². The molecule has 0 amide bonds. The van der Waals surface area contributed by atoms with Crippen LogP contribution >= 0.6 is 0 Å². The molecule has 2 rings (SSSR count). The van der Waals surface area contributed by atoms with Crippen molar-refractivity contribution >= 4 is 11.8 Å². The van der Waals surface area contributed by atoms with Crippen molar-refractivity contribution in [2.75, 3.05) is 0 Å². The summed E-state index contributed by atoms with van der Waals surface area (Å²) >= 11 is 0. The van der Waals surface area contributed by atoms with E-state index in [9.17, 15) is 4.79 Å². The maximum atomic E-state index is 11.7. The SMILES string of the molecule is N=C(N)c1ccc(OC(=O)c2ccccc2)cc1.